The number of hydrogen-bond donors (Lipinski definition) is 1. The van der Waals surface area contributed by atoms with Gasteiger partial charge in [0, 0.05) is 6.20 Å². The molecule has 0 aliphatic heterocycles. The number of ether oxygens (including phenoxy) is 1. The molecule has 0 unspecified atom stereocenters. The summed E-state index contributed by atoms with van der Waals surface area (Å²) in [4.78, 5) is 11.7. The predicted octanol–water partition coefficient (Wildman–Crippen LogP) is 1.60. The monoisotopic (exact) mass is 260 g/mol. The van der Waals surface area contributed by atoms with Gasteiger partial charge in [0.2, 0.25) is 0 Å². The number of nitrogens with zero attached hydrogens (tertiary/aromatic N) is 2. The van der Waals surface area contributed by atoms with Crippen molar-refractivity contribution in [3.8, 4) is 0 Å². The van der Waals surface area contributed by atoms with Crippen LogP contribution in [0.3, 0.4) is 0 Å². The molecule has 0 amide bonds. The maximum absolute atomic E-state index is 11.7. The molecule has 0 saturated carbocycles. The van der Waals surface area contributed by atoms with Crippen LogP contribution in [0, 0.1) is 0 Å². The fourth-order valence-electron chi connectivity index (χ4n) is 1.81. The lowest BCUT2D eigenvalue weighted by Gasteiger charge is -2.00. The molecule has 0 atom stereocenters. The molecule has 0 spiro atoms. The van der Waals surface area contributed by atoms with Gasteiger partial charge in [0.1, 0.15) is 11.3 Å². The number of carbonyl (C=O) groups is 1. The second-order valence-electron chi connectivity index (χ2n) is 4.05. The van der Waals surface area contributed by atoms with Crippen molar-refractivity contribution in [1.82, 2.24) is 9.78 Å². The Labute approximate surface area is 111 Å². The first-order chi connectivity index (χ1) is 9.24. The SMILES string of the molecule is CCOC(=O)c1cn(Cc2ccccc2)nc1CO. The second kappa shape index (κ2) is 6.15. The standard InChI is InChI=1S/C14H16N2O3/c1-2-19-14(18)12-9-16(15-13(12)10-17)8-11-6-4-3-5-7-11/h3-7,9,17H,2,8,10H2,1H3. The van der Waals surface area contributed by atoms with Crippen molar-refractivity contribution in [2.75, 3.05) is 6.61 Å². The van der Waals surface area contributed by atoms with Crippen LogP contribution in [0.5, 0.6) is 0 Å². The van der Waals surface area contributed by atoms with E-state index in [2.05, 4.69) is 5.10 Å². The number of aliphatic hydroxyl groups is 1. The Kier molecular flexibility index (Phi) is 4.30. The Hall–Kier alpha value is -2.14. The first-order valence-electron chi connectivity index (χ1n) is 6.12. The Balaban J connectivity index is 2.21. The third-order valence-corrected chi connectivity index (χ3v) is 2.67. The third kappa shape index (κ3) is 3.20. The maximum Gasteiger partial charge on any atom is 0.341 e. The Morgan fingerprint density at radius 3 is 2.74 bits per heavy atom. The summed E-state index contributed by atoms with van der Waals surface area (Å²) >= 11 is 0. The Morgan fingerprint density at radius 1 is 1.37 bits per heavy atom. The molecule has 0 radical (unpaired) electrons. The number of rotatable bonds is 5. The van der Waals surface area contributed by atoms with Crippen molar-refractivity contribution < 1.29 is 14.6 Å². The van der Waals surface area contributed by atoms with E-state index in [0.29, 0.717) is 24.4 Å². The third-order valence-electron chi connectivity index (χ3n) is 2.67. The van der Waals surface area contributed by atoms with Gasteiger partial charge in [-0.15, -0.1) is 0 Å². The molecule has 0 aliphatic carbocycles. The molecule has 19 heavy (non-hydrogen) atoms. The average Bonchev–Trinajstić information content (AvgIpc) is 2.83. The number of hydrogen-bond acceptors (Lipinski definition) is 4. The lowest BCUT2D eigenvalue weighted by molar-refractivity contribution is 0.0522. The van der Waals surface area contributed by atoms with Crippen LogP contribution < -0.4 is 0 Å². The first kappa shape index (κ1) is 13.3. The highest BCUT2D eigenvalue weighted by Gasteiger charge is 2.16. The molecule has 5 heteroatoms. The maximum atomic E-state index is 11.7. The van der Waals surface area contributed by atoms with Crippen LogP contribution in [-0.4, -0.2) is 27.5 Å². The summed E-state index contributed by atoms with van der Waals surface area (Å²) in [6.45, 7) is 2.31. The lowest BCUT2D eigenvalue weighted by atomic mass is 10.2. The van der Waals surface area contributed by atoms with E-state index in [1.807, 2.05) is 30.3 Å². The quantitative estimate of drug-likeness (QED) is 0.829. The molecule has 1 N–H and O–H groups in total. The minimum absolute atomic E-state index is 0.282. The lowest BCUT2D eigenvalue weighted by Crippen LogP contribution is -2.06. The summed E-state index contributed by atoms with van der Waals surface area (Å²) < 4.78 is 6.56. The largest absolute Gasteiger partial charge is 0.462 e. The fraction of sp³-hybridized carbons (Fsp3) is 0.286. The van der Waals surface area contributed by atoms with Crippen LogP contribution >= 0.6 is 0 Å². The van der Waals surface area contributed by atoms with Gasteiger partial charge in [-0.3, -0.25) is 4.68 Å². The molecule has 5 nitrogen and oxygen atoms in total. The number of aliphatic hydroxyl groups excluding tert-OH is 1. The van der Waals surface area contributed by atoms with Crippen molar-refractivity contribution in [3.05, 3.63) is 53.3 Å². The number of aromatic nitrogens is 2. The van der Waals surface area contributed by atoms with E-state index in [9.17, 15) is 9.90 Å². The normalized spacial score (nSPS) is 10.4. The molecule has 0 fully saturated rings. The summed E-state index contributed by atoms with van der Waals surface area (Å²) in [5.74, 6) is -0.453. The molecule has 1 aromatic carbocycles. The minimum atomic E-state index is -0.453. The van der Waals surface area contributed by atoms with Crippen molar-refractivity contribution >= 4 is 5.97 Å². The van der Waals surface area contributed by atoms with E-state index < -0.39 is 5.97 Å². The molecule has 1 heterocycles. The number of benzene rings is 1. The minimum Gasteiger partial charge on any atom is -0.462 e. The molecule has 100 valence electrons. The molecule has 2 aromatic rings. The van der Waals surface area contributed by atoms with Gasteiger partial charge in [0.25, 0.3) is 0 Å². The van der Waals surface area contributed by atoms with Crippen molar-refractivity contribution in [2.45, 2.75) is 20.1 Å². The topological polar surface area (TPSA) is 64.4 Å². The van der Waals surface area contributed by atoms with E-state index in [-0.39, 0.29) is 6.61 Å². The number of carbonyl (C=O) groups excluding carboxylic acids is 1. The summed E-state index contributed by atoms with van der Waals surface area (Å²) in [7, 11) is 0. The molecule has 0 saturated heterocycles. The summed E-state index contributed by atoms with van der Waals surface area (Å²) in [6, 6.07) is 9.78. The second-order valence-corrected chi connectivity index (χ2v) is 4.05. The number of esters is 1. The van der Waals surface area contributed by atoms with Crippen molar-refractivity contribution in [1.29, 1.82) is 0 Å². The van der Waals surface area contributed by atoms with E-state index in [1.54, 1.807) is 17.8 Å². The highest BCUT2D eigenvalue weighted by Crippen LogP contribution is 2.11. The van der Waals surface area contributed by atoms with Crippen LogP contribution in [0.2, 0.25) is 0 Å². The molecular formula is C14H16N2O3. The van der Waals surface area contributed by atoms with E-state index in [0.717, 1.165) is 5.56 Å². The fourth-order valence-corrected chi connectivity index (χ4v) is 1.81. The van der Waals surface area contributed by atoms with Crippen LogP contribution in [0.1, 0.15) is 28.5 Å². The molecule has 1 aromatic heterocycles. The smallest absolute Gasteiger partial charge is 0.341 e. The zero-order valence-corrected chi connectivity index (χ0v) is 10.7. The van der Waals surface area contributed by atoms with Gasteiger partial charge in [-0.05, 0) is 12.5 Å². The Bertz CT molecular complexity index is 549. The zero-order valence-electron chi connectivity index (χ0n) is 10.7. The molecule has 0 aliphatic rings. The van der Waals surface area contributed by atoms with Crippen molar-refractivity contribution in [3.63, 3.8) is 0 Å². The van der Waals surface area contributed by atoms with Gasteiger partial charge in [-0.1, -0.05) is 30.3 Å². The predicted molar refractivity (Wildman–Crippen MR) is 69.7 cm³/mol. The summed E-state index contributed by atoms with van der Waals surface area (Å²) in [6.07, 6.45) is 1.61. The van der Waals surface area contributed by atoms with Crippen LogP contribution in [0.15, 0.2) is 36.5 Å². The highest BCUT2D eigenvalue weighted by molar-refractivity contribution is 5.90. The summed E-state index contributed by atoms with van der Waals surface area (Å²) in [5, 5.41) is 13.4. The van der Waals surface area contributed by atoms with Crippen LogP contribution in [-0.2, 0) is 17.9 Å². The van der Waals surface area contributed by atoms with Gasteiger partial charge in [-0.2, -0.15) is 5.10 Å². The molecule has 2 rings (SSSR count). The van der Waals surface area contributed by atoms with Crippen molar-refractivity contribution in [2.24, 2.45) is 0 Å². The average molecular weight is 260 g/mol. The highest BCUT2D eigenvalue weighted by atomic mass is 16.5. The summed E-state index contributed by atoms with van der Waals surface area (Å²) in [5.41, 5.74) is 1.74. The van der Waals surface area contributed by atoms with E-state index in [1.165, 1.54) is 0 Å². The molecular weight excluding hydrogens is 244 g/mol. The van der Waals surface area contributed by atoms with Crippen LogP contribution in [0.4, 0.5) is 0 Å². The Morgan fingerprint density at radius 2 is 2.11 bits per heavy atom. The van der Waals surface area contributed by atoms with Gasteiger partial charge in [0.05, 0.1) is 19.8 Å². The van der Waals surface area contributed by atoms with Gasteiger partial charge < -0.3 is 9.84 Å². The molecule has 0 bridgehead atoms. The van der Waals surface area contributed by atoms with E-state index in [4.69, 9.17) is 4.74 Å². The van der Waals surface area contributed by atoms with Crippen LogP contribution in [0.25, 0.3) is 0 Å². The first-order valence-corrected chi connectivity index (χ1v) is 6.12. The zero-order chi connectivity index (χ0) is 13.7. The van der Waals surface area contributed by atoms with Gasteiger partial charge in [0.15, 0.2) is 0 Å². The van der Waals surface area contributed by atoms with Gasteiger partial charge >= 0.3 is 5.97 Å². The van der Waals surface area contributed by atoms with E-state index >= 15 is 0 Å². The van der Waals surface area contributed by atoms with Gasteiger partial charge in [-0.25, -0.2) is 4.79 Å².